The van der Waals surface area contributed by atoms with Gasteiger partial charge in [-0.05, 0) is 24.3 Å². The molecule has 2 rings (SSSR count). The minimum Gasteiger partial charge on any atom is -0.388 e. The molecule has 0 radical (unpaired) electrons. The van der Waals surface area contributed by atoms with Gasteiger partial charge in [0, 0.05) is 44.1 Å². The Hall–Kier alpha value is -2.43. The molecule has 0 aromatic carbocycles. The van der Waals surface area contributed by atoms with Crippen LogP contribution in [-0.2, 0) is 0 Å². The van der Waals surface area contributed by atoms with Gasteiger partial charge < -0.3 is 10.2 Å². The molecule has 1 amide bonds. The van der Waals surface area contributed by atoms with Crippen molar-refractivity contribution in [3.05, 3.63) is 48.5 Å². The minimum atomic E-state index is -0.154. The lowest BCUT2D eigenvalue weighted by Gasteiger charge is -2.16. The number of carbonyl (C=O) groups excluding carboxylic acids is 1. The Morgan fingerprint density at radius 1 is 1.22 bits per heavy atom. The molecule has 0 aliphatic carbocycles. The first-order valence-corrected chi connectivity index (χ1v) is 5.54. The van der Waals surface area contributed by atoms with Crippen LogP contribution in [0.2, 0.25) is 0 Å². The number of nitrogens with zero attached hydrogens (tertiary/aromatic N) is 3. The molecule has 2 heterocycles. The average Bonchev–Trinajstić information content (AvgIpc) is 2.46. The predicted octanol–water partition coefficient (Wildman–Crippen LogP) is 1.79. The van der Waals surface area contributed by atoms with Crippen molar-refractivity contribution in [2.75, 3.05) is 24.3 Å². The molecule has 5 nitrogen and oxygen atoms in total. The molecule has 5 heteroatoms. The van der Waals surface area contributed by atoms with E-state index in [-0.39, 0.29) is 5.91 Å². The van der Waals surface area contributed by atoms with E-state index in [2.05, 4.69) is 15.3 Å². The van der Waals surface area contributed by atoms with E-state index < -0.39 is 0 Å². The van der Waals surface area contributed by atoms with Crippen molar-refractivity contribution in [2.45, 2.75) is 0 Å². The van der Waals surface area contributed by atoms with E-state index in [4.69, 9.17) is 0 Å². The van der Waals surface area contributed by atoms with Crippen LogP contribution in [0.25, 0.3) is 0 Å². The highest BCUT2D eigenvalue weighted by Crippen LogP contribution is 2.14. The van der Waals surface area contributed by atoms with E-state index >= 15 is 0 Å². The zero-order chi connectivity index (χ0) is 13.0. The van der Waals surface area contributed by atoms with Crippen LogP contribution in [0.3, 0.4) is 0 Å². The Balaban J connectivity index is 2.25. The topological polar surface area (TPSA) is 58.1 Å². The largest absolute Gasteiger partial charge is 0.388 e. The lowest BCUT2D eigenvalue weighted by Crippen LogP contribution is -2.27. The van der Waals surface area contributed by atoms with Crippen molar-refractivity contribution in [1.82, 2.24) is 9.97 Å². The van der Waals surface area contributed by atoms with Gasteiger partial charge in [0.25, 0.3) is 5.91 Å². The van der Waals surface area contributed by atoms with Crippen LogP contribution >= 0.6 is 0 Å². The van der Waals surface area contributed by atoms with Crippen LogP contribution in [0.15, 0.2) is 42.9 Å². The quantitative estimate of drug-likeness (QED) is 0.891. The lowest BCUT2D eigenvalue weighted by atomic mass is 10.2. The average molecular weight is 242 g/mol. The normalized spacial score (nSPS) is 9.89. The highest BCUT2D eigenvalue weighted by atomic mass is 16.2. The van der Waals surface area contributed by atoms with Gasteiger partial charge in [0.2, 0.25) is 0 Å². The second-order valence-corrected chi connectivity index (χ2v) is 3.75. The summed E-state index contributed by atoms with van der Waals surface area (Å²) in [4.78, 5) is 21.8. The Kier molecular flexibility index (Phi) is 3.52. The van der Waals surface area contributed by atoms with E-state index in [0.29, 0.717) is 5.69 Å². The Bertz CT molecular complexity index is 542. The maximum Gasteiger partial charge on any atom is 0.276 e. The van der Waals surface area contributed by atoms with Gasteiger partial charge in [-0.25, -0.2) is 0 Å². The Morgan fingerprint density at radius 3 is 2.61 bits per heavy atom. The van der Waals surface area contributed by atoms with E-state index in [0.717, 1.165) is 11.4 Å². The second-order valence-electron chi connectivity index (χ2n) is 3.75. The number of hydrogen-bond donors (Lipinski definition) is 1. The molecule has 0 spiro atoms. The third-order valence-electron chi connectivity index (χ3n) is 2.62. The van der Waals surface area contributed by atoms with E-state index in [1.807, 2.05) is 6.07 Å². The Labute approximate surface area is 105 Å². The summed E-state index contributed by atoms with van der Waals surface area (Å²) in [5.41, 5.74) is 2.05. The molecule has 92 valence electrons. The fourth-order valence-corrected chi connectivity index (χ4v) is 1.56. The third kappa shape index (κ3) is 2.45. The van der Waals surface area contributed by atoms with E-state index in [9.17, 15) is 4.79 Å². The SMILES string of the molecule is CNc1ccnc(C(=O)N(C)c2ccncc2)c1. The number of pyridine rings is 2. The zero-order valence-electron chi connectivity index (χ0n) is 10.3. The number of nitrogens with one attached hydrogen (secondary N) is 1. The van der Waals surface area contributed by atoms with Crippen LogP contribution in [0.1, 0.15) is 10.5 Å². The first-order valence-electron chi connectivity index (χ1n) is 5.54. The molecule has 2 aromatic heterocycles. The molecule has 0 aliphatic rings. The highest BCUT2D eigenvalue weighted by molar-refractivity contribution is 6.04. The fraction of sp³-hybridized carbons (Fsp3) is 0.154. The molecule has 2 aromatic rings. The van der Waals surface area contributed by atoms with Crippen molar-refractivity contribution in [3.8, 4) is 0 Å². The molecular formula is C13H14N4O. The number of amides is 1. The van der Waals surface area contributed by atoms with E-state index in [1.54, 1.807) is 55.8 Å². The summed E-state index contributed by atoms with van der Waals surface area (Å²) < 4.78 is 0. The third-order valence-corrected chi connectivity index (χ3v) is 2.62. The summed E-state index contributed by atoms with van der Waals surface area (Å²) in [5.74, 6) is -0.154. The van der Waals surface area contributed by atoms with Crippen molar-refractivity contribution in [2.24, 2.45) is 0 Å². The van der Waals surface area contributed by atoms with Crippen LogP contribution in [0, 0.1) is 0 Å². The molecule has 0 saturated heterocycles. The molecule has 18 heavy (non-hydrogen) atoms. The first-order chi connectivity index (χ1) is 8.72. The highest BCUT2D eigenvalue weighted by Gasteiger charge is 2.14. The Morgan fingerprint density at radius 2 is 1.94 bits per heavy atom. The number of hydrogen-bond acceptors (Lipinski definition) is 4. The van der Waals surface area contributed by atoms with Crippen molar-refractivity contribution in [3.63, 3.8) is 0 Å². The summed E-state index contributed by atoms with van der Waals surface area (Å²) in [6.07, 6.45) is 4.91. The molecule has 1 N–H and O–H groups in total. The summed E-state index contributed by atoms with van der Waals surface area (Å²) in [6, 6.07) is 7.09. The smallest absolute Gasteiger partial charge is 0.276 e. The summed E-state index contributed by atoms with van der Waals surface area (Å²) in [6.45, 7) is 0. The van der Waals surface area contributed by atoms with Gasteiger partial charge in [0.05, 0.1) is 0 Å². The van der Waals surface area contributed by atoms with Gasteiger partial charge in [0.1, 0.15) is 5.69 Å². The molecule has 0 atom stereocenters. The summed E-state index contributed by atoms with van der Waals surface area (Å²) in [5, 5.41) is 2.98. The monoisotopic (exact) mass is 242 g/mol. The molecule has 0 saturated carbocycles. The van der Waals surface area contributed by atoms with Gasteiger partial charge in [-0.3, -0.25) is 14.8 Å². The maximum absolute atomic E-state index is 12.2. The second kappa shape index (κ2) is 5.27. The number of rotatable bonds is 3. The lowest BCUT2D eigenvalue weighted by molar-refractivity contribution is 0.0988. The van der Waals surface area contributed by atoms with Crippen LogP contribution < -0.4 is 10.2 Å². The van der Waals surface area contributed by atoms with Crippen molar-refractivity contribution < 1.29 is 4.79 Å². The molecular weight excluding hydrogens is 228 g/mol. The van der Waals surface area contributed by atoms with Gasteiger partial charge in [0.15, 0.2) is 0 Å². The predicted molar refractivity (Wildman–Crippen MR) is 70.8 cm³/mol. The maximum atomic E-state index is 12.2. The summed E-state index contributed by atoms with van der Waals surface area (Å²) >= 11 is 0. The standard InChI is InChI=1S/C13H14N4O/c1-14-10-3-8-16-12(9-10)13(18)17(2)11-4-6-15-7-5-11/h3-9H,1-2H3,(H,14,16). The molecule has 0 aliphatic heterocycles. The van der Waals surface area contributed by atoms with Crippen LogP contribution in [-0.4, -0.2) is 30.0 Å². The van der Waals surface area contributed by atoms with Crippen molar-refractivity contribution in [1.29, 1.82) is 0 Å². The van der Waals surface area contributed by atoms with Gasteiger partial charge in [-0.15, -0.1) is 0 Å². The number of anilines is 2. The fourth-order valence-electron chi connectivity index (χ4n) is 1.56. The van der Waals surface area contributed by atoms with Gasteiger partial charge in [-0.1, -0.05) is 0 Å². The number of aromatic nitrogens is 2. The molecule has 0 bridgehead atoms. The van der Waals surface area contributed by atoms with Gasteiger partial charge in [-0.2, -0.15) is 0 Å². The number of carbonyl (C=O) groups is 1. The van der Waals surface area contributed by atoms with E-state index in [1.165, 1.54) is 0 Å². The van der Waals surface area contributed by atoms with Gasteiger partial charge >= 0.3 is 0 Å². The molecule has 0 unspecified atom stereocenters. The minimum absolute atomic E-state index is 0.154. The first kappa shape index (κ1) is 12.0. The van der Waals surface area contributed by atoms with Crippen molar-refractivity contribution >= 4 is 17.3 Å². The molecule has 0 fully saturated rings. The zero-order valence-corrected chi connectivity index (χ0v) is 10.3. The van der Waals surface area contributed by atoms with Crippen LogP contribution in [0.4, 0.5) is 11.4 Å². The summed E-state index contributed by atoms with van der Waals surface area (Å²) in [7, 11) is 3.52. The van der Waals surface area contributed by atoms with Crippen LogP contribution in [0.5, 0.6) is 0 Å².